The average Bonchev–Trinajstić information content (AvgIpc) is 3.11. The summed E-state index contributed by atoms with van der Waals surface area (Å²) in [5.41, 5.74) is 3.38. The summed E-state index contributed by atoms with van der Waals surface area (Å²) in [4.78, 5) is 3.60. The largest absolute Gasteiger partial charge is 0.495 e. The van der Waals surface area contributed by atoms with Crippen LogP contribution in [0.2, 0.25) is 0 Å². The highest BCUT2D eigenvalue weighted by molar-refractivity contribution is 7.89. The van der Waals surface area contributed by atoms with E-state index in [4.69, 9.17) is 4.74 Å². The van der Waals surface area contributed by atoms with Crippen molar-refractivity contribution in [3.8, 4) is 5.75 Å². The molecule has 0 amide bonds. The van der Waals surface area contributed by atoms with Crippen LogP contribution in [-0.2, 0) is 16.4 Å². The molecule has 1 fully saturated rings. The van der Waals surface area contributed by atoms with Crippen molar-refractivity contribution in [2.45, 2.75) is 31.1 Å². The van der Waals surface area contributed by atoms with Crippen LogP contribution in [0, 0.1) is 12.8 Å². The summed E-state index contributed by atoms with van der Waals surface area (Å²) >= 11 is 0. The standard InChI is InChI=1S/C22H26N2O3S/c1-16-7-8-21(27-2)22(13-16)28(25,26)24-11-9-17(10-12-24)14-18-15-23-20-6-4-3-5-19(18)20/h3-8,13,15,17,23H,9-12,14H2,1-2H3. The molecule has 148 valence electrons. The van der Waals surface area contributed by atoms with E-state index in [0.29, 0.717) is 24.8 Å². The first-order valence-electron chi connectivity index (χ1n) is 9.69. The summed E-state index contributed by atoms with van der Waals surface area (Å²) in [5.74, 6) is 0.900. The second-order valence-electron chi connectivity index (χ2n) is 7.57. The molecule has 0 aliphatic carbocycles. The Morgan fingerprint density at radius 1 is 1.14 bits per heavy atom. The number of aryl methyl sites for hydroxylation is 1. The van der Waals surface area contributed by atoms with Crippen LogP contribution >= 0.6 is 0 Å². The van der Waals surface area contributed by atoms with Crippen LogP contribution in [0.25, 0.3) is 10.9 Å². The van der Waals surface area contributed by atoms with Crippen molar-refractivity contribution in [3.63, 3.8) is 0 Å². The predicted molar refractivity (Wildman–Crippen MR) is 111 cm³/mol. The Labute approximate surface area is 166 Å². The number of H-pyrrole nitrogens is 1. The first-order chi connectivity index (χ1) is 13.5. The number of nitrogens with zero attached hydrogens (tertiary/aromatic N) is 1. The van der Waals surface area contributed by atoms with Crippen molar-refractivity contribution in [1.29, 1.82) is 0 Å². The topological polar surface area (TPSA) is 62.4 Å². The highest BCUT2D eigenvalue weighted by Gasteiger charge is 2.31. The molecule has 0 spiro atoms. The lowest BCUT2D eigenvalue weighted by Gasteiger charge is -2.31. The van der Waals surface area contributed by atoms with E-state index in [1.165, 1.54) is 18.1 Å². The molecule has 6 heteroatoms. The fourth-order valence-electron chi connectivity index (χ4n) is 4.09. The van der Waals surface area contributed by atoms with Gasteiger partial charge in [0.05, 0.1) is 7.11 Å². The van der Waals surface area contributed by atoms with E-state index in [-0.39, 0.29) is 4.90 Å². The molecule has 3 aromatic rings. The fourth-order valence-corrected chi connectivity index (χ4v) is 5.80. The van der Waals surface area contributed by atoms with E-state index in [9.17, 15) is 8.42 Å². The molecule has 1 N–H and O–H groups in total. The number of nitrogens with one attached hydrogen (secondary N) is 1. The molecule has 1 aliphatic rings. The fraction of sp³-hybridized carbons (Fsp3) is 0.364. The molecule has 1 saturated heterocycles. The average molecular weight is 399 g/mol. The number of aromatic amines is 1. The van der Waals surface area contributed by atoms with Gasteiger partial charge in [-0.05, 0) is 61.4 Å². The Morgan fingerprint density at radius 3 is 2.64 bits per heavy atom. The summed E-state index contributed by atoms with van der Waals surface area (Å²) in [6.45, 7) is 2.99. The van der Waals surface area contributed by atoms with Crippen LogP contribution < -0.4 is 4.74 Å². The number of hydrogen-bond acceptors (Lipinski definition) is 3. The van der Waals surface area contributed by atoms with Gasteiger partial charge >= 0.3 is 0 Å². The van der Waals surface area contributed by atoms with Gasteiger partial charge in [-0.15, -0.1) is 0 Å². The number of para-hydroxylation sites is 1. The van der Waals surface area contributed by atoms with Gasteiger partial charge in [0, 0.05) is 30.2 Å². The molecule has 1 aromatic heterocycles. The molecule has 2 heterocycles. The Balaban J connectivity index is 1.47. The minimum atomic E-state index is -3.55. The van der Waals surface area contributed by atoms with Gasteiger partial charge in [0.25, 0.3) is 0 Å². The van der Waals surface area contributed by atoms with E-state index in [1.54, 1.807) is 16.4 Å². The molecule has 28 heavy (non-hydrogen) atoms. The minimum Gasteiger partial charge on any atom is -0.495 e. The maximum Gasteiger partial charge on any atom is 0.246 e. The molecule has 2 aromatic carbocycles. The minimum absolute atomic E-state index is 0.269. The van der Waals surface area contributed by atoms with Crippen molar-refractivity contribution >= 4 is 20.9 Å². The van der Waals surface area contributed by atoms with Crippen LogP contribution in [0.4, 0.5) is 0 Å². The number of ether oxygens (including phenoxy) is 1. The second-order valence-corrected chi connectivity index (χ2v) is 9.47. The molecular weight excluding hydrogens is 372 g/mol. The first kappa shape index (κ1) is 19.0. The highest BCUT2D eigenvalue weighted by atomic mass is 32.2. The SMILES string of the molecule is COc1ccc(C)cc1S(=O)(=O)N1CCC(Cc2c[nH]c3ccccc23)CC1. The Hall–Kier alpha value is -2.31. The molecule has 0 radical (unpaired) electrons. The number of fused-ring (bicyclic) bond motifs is 1. The van der Waals surface area contributed by atoms with Crippen LogP contribution in [0.1, 0.15) is 24.0 Å². The van der Waals surface area contributed by atoms with E-state index in [2.05, 4.69) is 29.4 Å². The smallest absolute Gasteiger partial charge is 0.246 e. The lowest BCUT2D eigenvalue weighted by atomic mass is 9.91. The zero-order chi connectivity index (χ0) is 19.7. The number of methoxy groups -OCH3 is 1. The van der Waals surface area contributed by atoms with Gasteiger partial charge in [0.15, 0.2) is 0 Å². The summed E-state index contributed by atoms with van der Waals surface area (Å²) < 4.78 is 33.2. The van der Waals surface area contributed by atoms with Gasteiger partial charge in [-0.3, -0.25) is 0 Å². The van der Waals surface area contributed by atoms with Gasteiger partial charge in [-0.25, -0.2) is 8.42 Å². The van der Waals surface area contributed by atoms with Gasteiger partial charge in [0.2, 0.25) is 10.0 Å². The lowest BCUT2D eigenvalue weighted by molar-refractivity contribution is 0.272. The van der Waals surface area contributed by atoms with Crippen molar-refractivity contribution in [3.05, 3.63) is 59.8 Å². The first-order valence-corrected chi connectivity index (χ1v) is 11.1. The zero-order valence-electron chi connectivity index (χ0n) is 16.3. The quantitative estimate of drug-likeness (QED) is 0.703. The van der Waals surface area contributed by atoms with Crippen LogP contribution in [0.5, 0.6) is 5.75 Å². The van der Waals surface area contributed by atoms with E-state index in [1.807, 2.05) is 19.1 Å². The van der Waals surface area contributed by atoms with E-state index < -0.39 is 10.0 Å². The third kappa shape index (κ3) is 3.54. The molecule has 5 nitrogen and oxygen atoms in total. The maximum atomic E-state index is 13.2. The molecular formula is C22H26N2O3S. The third-order valence-electron chi connectivity index (χ3n) is 5.69. The highest BCUT2D eigenvalue weighted by Crippen LogP contribution is 2.32. The summed E-state index contributed by atoms with van der Waals surface area (Å²) in [7, 11) is -2.03. The van der Waals surface area contributed by atoms with Crippen molar-refractivity contribution < 1.29 is 13.2 Å². The number of rotatable bonds is 5. The molecule has 0 atom stereocenters. The number of piperidine rings is 1. The summed E-state index contributed by atoms with van der Waals surface area (Å²) in [6, 6.07) is 13.6. The van der Waals surface area contributed by atoms with Crippen LogP contribution in [0.3, 0.4) is 0 Å². The van der Waals surface area contributed by atoms with Crippen molar-refractivity contribution in [1.82, 2.24) is 9.29 Å². The summed E-state index contributed by atoms with van der Waals surface area (Å²) in [5, 5.41) is 1.27. The number of sulfonamides is 1. The molecule has 1 aliphatic heterocycles. The predicted octanol–water partition coefficient (Wildman–Crippen LogP) is 4.13. The zero-order valence-corrected chi connectivity index (χ0v) is 17.1. The second kappa shape index (κ2) is 7.60. The molecule has 0 saturated carbocycles. The van der Waals surface area contributed by atoms with Gasteiger partial charge in [-0.2, -0.15) is 4.31 Å². The third-order valence-corrected chi connectivity index (χ3v) is 7.61. The molecule has 4 rings (SSSR count). The Bertz CT molecular complexity index is 1080. The Morgan fingerprint density at radius 2 is 1.89 bits per heavy atom. The molecule has 0 unspecified atom stereocenters. The number of aromatic nitrogens is 1. The number of hydrogen-bond donors (Lipinski definition) is 1. The van der Waals surface area contributed by atoms with Crippen molar-refractivity contribution in [2.24, 2.45) is 5.92 Å². The normalized spacial score (nSPS) is 16.5. The lowest BCUT2D eigenvalue weighted by Crippen LogP contribution is -2.39. The van der Waals surface area contributed by atoms with Crippen molar-refractivity contribution in [2.75, 3.05) is 20.2 Å². The van der Waals surface area contributed by atoms with E-state index in [0.717, 1.165) is 30.3 Å². The van der Waals surface area contributed by atoms with E-state index >= 15 is 0 Å². The molecule has 0 bridgehead atoms. The van der Waals surface area contributed by atoms with Crippen LogP contribution in [0.15, 0.2) is 53.6 Å². The van der Waals surface area contributed by atoms with Crippen LogP contribution in [-0.4, -0.2) is 37.9 Å². The maximum absolute atomic E-state index is 13.2. The van der Waals surface area contributed by atoms with Gasteiger partial charge in [0.1, 0.15) is 10.6 Å². The Kier molecular flexibility index (Phi) is 5.17. The monoisotopic (exact) mass is 398 g/mol. The summed E-state index contributed by atoms with van der Waals surface area (Å²) in [6.07, 6.45) is 4.80. The van der Waals surface area contributed by atoms with Gasteiger partial charge in [-0.1, -0.05) is 24.3 Å². The van der Waals surface area contributed by atoms with Gasteiger partial charge < -0.3 is 9.72 Å². The number of benzene rings is 2.